The minimum absolute atomic E-state index is 0.0152. The number of piperazine rings is 1. The van der Waals surface area contributed by atoms with E-state index in [0.717, 1.165) is 93.8 Å². The van der Waals surface area contributed by atoms with E-state index in [2.05, 4.69) is 44.5 Å². The second-order valence-electron chi connectivity index (χ2n) is 10.8. The van der Waals surface area contributed by atoms with E-state index in [-0.39, 0.29) is 23.1 Å². The zero-order valence-electron chi connectivity index (χ0n) is 27.3. The van der Waals surface area contributed by atoms with Crippen molar-refractivity contribution in [3.63, 3.8) is 0 Å². The van der Waals surface area contributed by atoms with Gasteiger partial charge in [0.25, 0.3) is 5.91 Å². The van der Waals surface area contributed by atoms with Gasteiger partial charge in [0, 0.05) is 90.9 Å². The summed E-state index contributed by atoms with van der Waals surface area (Å²) in [6.07, 6.45) is 4.63. The van der Waals surface area contributed by atoms with Crippen molar-refractivity contribution < 1.29 is 19.1 Å². The molecule has 43 heavy (non-hydrogen) atoms. The van der Waals surface area contributed by atoms with Crippen LogP contribution in [0.4, 0.5) is 11.4 Å². The lowest BCUT2D eigenvalue weighted by molar-refractivity contribution is -0.127. The highest BCUT2D eigenvalue weighted by Crippen LogP contribution is 2.27. The highest BCUT2D eigenvalue weighted by Gasteiger charge is 2.32. The Labute approximate surface area is 262 Å². The maximum atomic E-state index is 12.6. The highest BCUT2D eigenvalue weighted by atomic mass is 32.2. The van der Waals surface area contributed by atoms with Crippen LogP contribution in [-0.2, 0) is 19.1 Å². The molecule has 2 aliphatic rings. The van der Waals surface area contributed by atoms with E-state index in [4.69, 9.17) is 9.47 Å². The van der Waals surface area contributed by atoms with Crippen molar-refractivity contribution in [2.45, 2.75) is 39.6 Å². The van der Waals surface area contributed by atoms with E-state index in [1.807, 2.05) is 54.2 Å². The smallest absolute Gasteiger partial charge is 0.251 e. The quantitative estimate of drug-likeness (QED) is 0.0894. The molecule has 1 aromatic heterocycles. The summed E-state index contributed by atoms with van der Waals surface area (Å²) in [5, 5.41) is 8.15. The van der Waals surface area contributed by atoms with Crippen LogP contribution in [0.5, 0.6) is 0 Å². The number of anilines is 2. The first-order valence-electron chi connectivity index (χ1n) is 15.1. The minimum atomic E-state index is -0.311. The number of hydrogen-bond acceptors (Lipinski definition) is 10. The third kappa shape index (κ3) is 12.9. The molecule has 0 spiro atoms. The predicted molar refractivity (Wildman–Crippen MR) is 177 cm³/mol. The van der Waals surface area contributed by atoms with Crippen molar-refractivity contribution >= 4 is 35.0 Å². The minimum Gasteiger partial charge on any atom is -0.497 e. The van der Waals surface area contributed by atoms with Crippen molar-refractivity contribution in [2.24, 2.45) is 0 Å². The van der Waals surface area contributed by atoms with Gasteiger partial charge in [-0.25, -0.2) is 10.4 Å². The molecule has 1 saturated heterocycles. The number of aromatic amines is 1. The first kappa shape index (κ1) is 36.6. The van der Waals surface area contributed by atoms with Gasteiger partial charge in [-0.3, -0.25) is 9.59 Å². The summed E-state index contributed by atoms with van der Waals surface area (Å²) in [5.41, 5.74) is 6.59. The fourth-order valence-corrected chi connectivity index (χ4v) is 5.36. The molecule has 4 N–H and O–H groups in total. The summed E-state index contributed by atoms with van der Waals surface area (Å²) in [7, 11) is 5.82. The number of thioether (sulfide) groups is 1. The number of nitrogens with zero attached hydrogens (tertiary/aromatic N) is 4. The summed E-state index contributed by atoms with van der Waals surface area (Å²) in [6.45, 7) is 20.1. The molecule has 2 aliphatic heterocycles. The van der Waals surface area contributed by atoms with E-state index < -0.39 is 0 Å². The van der Waals surface area contributed by atoms with Crippen molar-refractivity contribution in [3.05, 3.63) is 35.9 Å². The largest absolute Gasteiger partial charge is 0.497 e. The van der Waals surface area contributed by atoms with Crippen LogP contribution < -0.4 is 21.0 Å². The fraction of sp³-hybridized carbons (Fsp3) is 0.667. The molecule has 1 unspecified atom stereocenters. The Bertz CT molecular complexity index is 1040. The van der Waals surface area contributed by atoms with E-state index in [9.17, 15) is 9.59 Å². The average Bonchev–Trinajstić information content (AvgIpc) is 3.55. The first-order valence-corrected chi connectivity index (χ1v) is 16.1. The van der Waals surface area contributed by atoms with Gasteiger partial charge in [-0.1, -0.05) is 13.5 Å². The second-order valence-corrected chi connectivity index (χ2v) is 11.9. The summed E-state index contributed by atoms with van der Waals surface area (Å²) in [4.78, 5) is 34.5. The molecule has 0 saturated carbocycles. The zero-order chi connectivity index (χ0) is 31.8. The van der Waals surface area contributed by atoms with Crippen molar-refractivity contribution in [3.8, 4) is 0 Å². The normalized spacial score (nSPS) is 16.1. The number of nitrogens with one attached hydrogen (secondary N) is 4. The summed E-state index contributed by atoms with van der Waals surface area (Å²) < 4.78 is 10.6. The molecule has 0 bridgehead atoms. The third-order valence-corrected chi connectivity index (χ3v) is 8.21. The number of amides is 2. The Morgan fingerprint density at radius 2 is 1.84 bits per heavy atom. The first-order chi connectivity index (χ1) is 20.6. The monoisotopic (exact) mass is 622 g/mol. The molecule has 0 radical (unpaired) electrons. The van der Waals surface area contributed by atoms with Gasteiger partial charge in [0.15, 0.2) is 0 Å². The summed E-state index contributed by atoms with van der Waals surface area (Å²) >= 11 is 1.41. The summed E-state index contributed by atoms with van der Waals surface area (Å²) in [5.74, 6) is 1.02. The van der Waals surface area contributed by atoms with Crippen LogP contribution in [0.1, 0.15) is 34.1 Å². The SMILES string of the molecule is C=C(CC)OCCN(C)CCOCC.CC1=C(C)C(=O)N(C(NN(C)C)SCC(=O)Nc2c[nH]cc2N2CCNCC2)C1. The van der Waals surface area contributed by atoms with Gasteiger partial charge in [0.1, 0.15) is 12.1 Å². The molecule has 3 heterocycles. The molecule has 1 atom stereocenters. The molecule has 0 aliphatic carbocycles. The van der Waals surface area contributed by atoms with Crippen LogP contribution in [0.25, 0.3) is 0 Å². The number of H-pyrrole nitrogens is 1. The fourth-order valence-electron chi connectivity index (χ4n) is 4.34. The number of ether oxygens (including phenoxy) is 2. The van der Waals surface area contributed by atoms with E-state index in [0.29, 0.717) is 6.54 Å². The highest BCUT2D eigenvalue weighted by molar-refractivity contribution is 8.00. The van der Waals surface area contributed by atoms with Crippen LogP contribution in [0.2, 0.25) is 0 Å². The maximum Gasteiger partial charge on any atom is 0.251 e. The topological polar surface area (TPSA) is 117 Å². The lowest BCUT2D eigenvalue weighted by atomic mass is 10.2. The van der Waals surface area contributed by atoms with Crippen LogP contribution in [0.15, 0.2) is 35.9 Å². The van der Waals surface area contributed by atoms with Gasteiger partial charge in [-0.05, 0) is 33.4 Å². The third-order valence-electron chi connectivity index (χ3n) is 7.10. The number of rotatable bonds is 17. The Morgan fingerprint density at radius 1 is 1.14 bits per heavy atom. The van der Waals surface area contributed by atoms with Gasteiger partial charge in [-0.15, -0.1) is 11.8 Å². The molecule has 1 fully saturated rings. The van der Waals surface area contributed by atoms with Gasteiger partial charge in [-0.2, -0.15) is 0 Å². The molecule has 3 rings (SSSR count). The number of likely N-dealkylation sites (N-methyl/N-ethyl adjacent to an activating group) is 1. The van der Waals surface area contributed by atoms with Crippen LogP contribution in [-0.4, -0.2) is 130 Å². The number of allylic oxidation sites excluding steroid dienone is 1. The van der Waals surface area contributed by atoms with Gasteiger partial charge < -0.3 is 39.8 Å². The lowest BCUT2D eigenvalue weighted by Gasteiger charge is -2.31. The number of hydrazine groups is 1. The van der Waals surface area contributed by atoms with E-state index >= 15 is 0 Å². The number of aromatic nitrogens is 1. The lowest BCUT2D eigenvalue weighted by Crippen LogP contribution is -2.50. The van der Waals surface area contributed by atoms with Crippen LogP contribution >= 0.6 is 11.8 Å². The van der Waals surface area contributed by atoms with E-state index in [1.54, 1.807) is 9.91 Å². The average molecular weight is 623 g/mol. The molecular weight excluding hydrogens is 568 g/mol. The predicted octanol–water partition coefficient (Wildman–Crippen LogP) is 2.52. The number of hydrogen-bond donors (Lipinski definition) is 4. The summed E-state index contributed by atoms with van der Waals surface area (Å²) in [6, 6.07) is 0. The Balaban J connectivity index is 0.000000391. The molecule has 1 aromatic rings. The van der Waals surface area contributed by atoms with Crippen LogP contribution in [0.3, 0.4) is 0 Å². The number of carbonyl (C=O) groups is 2. The number of carbonyl (C=O) groups excluding carboxylic acids is 2. The zero-order valence-corrected chi connectivity index (χ0v) is 28.1. The van der Waals surface area contributed by atoms with Gasteiger partial charge >= 0.3 is 0 Å². The van der Waals surface area contributed by atoms with Crippen molar-refractivity contribution in [2.75, 3.05) is 103 Å². The van der Waals surface area contributed by atoms with Gasteiger partial charge in [0.05, 0.1) is 29.5 Å². The Kier molecular flexibility index (Phi) is 16.8. The second kappa shape index (κ2) is 19.7. The molecular formula is C30H54N8O4S. The Hall–Kier alpha value is -2.55. The molecule has 12 nitrogen and oxygen atoms in total. The van der Waals surface area contributed by atoms with Crippen molar-refractivity contribution in [1.29, 1.82) is 0 Å². The standard InChI is InChI=1S/C19H31N7O2S.C11H23NO2/c1-13-11-26(18(28)14(13)2)19(23-24(3)4)29-12-17(27)22-15-9-21-10-16(15)25-7-5-20-6-8-25;1-5-11(3)14-10-8-12(4)7-9-13-6-2/h9-10,19-21,23H,5-8,11-12H2,1-4H3,(H,22,27);3,5-10H2,1-2,4H3. The van der Waals surface area contributed by atoms with Crippen LogP contribution in [0, 0.1) is 0 Å². The maximum absolute atomic E-state index is 12.6. The van der Waals surface area contributed by atoms with E-state index in [1.165, 1.54) is 11.8 Å². The van der Waals surface area contributed by atoms with Crippen molar-refractivity contribution in [1.82, 2.24) is 30.5 Å². The molecule has 13 heteroatoms. The van der Waals surface area contributed by atoms with Gasteiger partial charge in [0.2, 0.25) is 5.91 Å². The Morgan fingerprint density at radius 3 is 2.44 bits per heavy atom. The molecule has 244 valence electrons. The molecule has 0 aromatic carbocycles. The molecule has 2 amide bonds.